The molecule has 2 N–H and O–H groups in total. The molecule has 0 bridgehead atoms. The largest absolute Gasteiger partial charge is 0.325 e. The Labute approximate surface area is 84.4 Å². The second-order valence-corrected chi connectivity index (χ2v) is 4.72. The number of nitrogens with zero attached hydrogens (tertiary/aromatic N) is 2. The minimum atomic E-state index is -3.30. The normalized spacial score (nSPS) is 13.5. The van der Waals surface area contributed by atoms with Crippen LogP contribution in [0.1, 0.15) is 6.92 Å². The second-order valence-electron chi connectivity index (χ2n) is 2.49. The summed E-state index contributed by atoms with van der Waals surface area (Å²) in [6, 6.07) is 0. The van der Waals surface area contributed by atoms with Crippen LogP contribution >= 0.6 is 0 Å². The molecule has 0 fully saturated rings. The van der Waals surface area contributed by atoms with E-state index in [4.69, 9.17) is 5.73 Å². The molecule has 0 heterocycles. The Balaban J connectivity index is 4.82. The van der Waals surface area contributed by atoms with Gasteiger partial charge < -0.3 is 5.73 Å². The van der Waals surface area contributed by atoms with E-state index in [2.05, 4.69) is 16.6 Å². The first-order valence-electron chi connectivity index (χ1n) is 4.09. The lowest BCUT2D eigenvalue weighted by Gasteiger charge is -1.99. The van der Waals surface area contributed by atoms with Crippen LogP contribution in [0.15, 0.2) is 22.3 Å². The van der Waals surface area contributed by atoms with Crippen molar-refractivity contribution in [3.63, 3.8) is 0 Å². The van der Waals surface area contributed by atoms with E-state index in [1.54, 1.807) is 6.92 Å². The van der Waals surface area contributed by atoms with E-state index in [1.807, 2.05) is 0 Å². The van der Waals surface area contributed by atoms with Gasteiger partial charge in [0.05, 0.1) is 12.0 Å². The van der Waals surface area contributed by atoms with Gasteiger partial charge in [0.15, 0.2) is 14.9 Å². The van der Waals surface area contributed by atoms with Gasteiger partial charge in [-0.2, -0.15) is 0 Å². The van der Waals surface area contributed by atoms with E-state index < -0.39 is 9.84 Å². The van der Waals surface area contributed by atoms with E-state index in [0.29, 0.717) is 5.70 Å². The van der Waals surface area contributed by atoms with Crippen molar-refractivity contribution in [2.45, 2.75) is 6.92 Å². The highest BCUT2D eigenvalue weighted by molar-refractivity contribution is 8.08. The predicted octanol–water partition coefficient (Wildman–Crippen LogP) is -0.00740. The molecular formula is C8H15N3O2S. The monoisotopic (exact) mass is 217 g/mol. The van der Waals surface area contributed by atoms with Gasteiger partial charge in [-0.15, -0.1) is 0 Å². The van der Waals surface area contributed by atoms with Crippen molar-refractivity contribution in [1.82, 2.24) is 0 Å². The number of nitrogens with two attached hydrogens (primary N) is 1. The van der Waals surface area contributed by atoms with Crippen LogP contribution in [-0.4, -0.2) is 39.0 Å². The smallest absolute Gasteiger partial charge is 0.196 e. The SMILES string of the molecule is C=C(CN)/N=C\C(=N/C)S(=O)(=O)CC. The van der Waals surface area contributed by atoms with Crippen LogP contribution in [-0.2, 0) is 9.84 Å². The highest BCUT2D eigenvalue weighted by atomic mass is 32.2. The van der Waals surface area contributed by atoms with Crippen molar-refractivity contribution in [1.29, 1.82) is 0 Å². The highest BCUT2D eigenvalue weighted by Crippen LogP contribution is 1.94. The first-order valence-corrected chi connectivity index (χ1v) is 5.74. The second kappa shape index (κ2) is 5.66. The molecule has 0 aromatic rings. The van der Waals surface area contributed by atoms with Gasteiger partial charge in [0.25, 0.3) is 0 Å². The summed E-state index contributed by atoms with van der Waals surface area (Å²) < 4.78 is 22.7. The van der Waals surface area contributed by atoms with Gasteiger partial charge in [0.2, 0.25) is 0 Å². The molecule has 0 aliphatic carbocycles. The molecule has 0 unspecified atom stereocenters. The van der Waals surface area contributed by atoms with E-state index in [1.165, 1.54) is 13.3 Å². The summed E-state index contributed by atoms with van der Waals surface area (Å²) in [6.45, 7) is 5.26. The van der Waals surface area contributed by atoms with Crippen LogP contribution in [0.5, 0.6) is 0 Å². The third-order valence-electron chi connectivity index (χ3n) is 1.51. The zero-order valence-corrected chi connectivity index (χ0v) is 9.21. The maximum atomic E-state index is 11.3. The van der Waals surface area contributed by atoms with E-state index in [-0.39, 0.29) is 17.3 Å². The molecule has 0 amide bonds. The third-order valence-corrected chi connectivity index (χ3v) is 3.20. The van der Waals surface area contributed by atoms with Crippen LogP contribution in [0, 0.1) is 0 Å². The first kappa shape index (κ1) is 13.0. The average molecular weight is 217 g/mol. The number of rotatable bonds is 4. The molecule has 0 aliphatic heterocycles. The fourth-order valence-electron chi connectivity index (χ4n) is 0.624. The van der Waals surface area contributed by atoms with Crippen LogP contribution < -0.4 is 5.73 Å². The minimum absolute atomic E-state index is 0.000788. The van der Waals surface area contributed by atoms with Gasteiger partial charge in [-0.3, -0.25) is 9.98 Å². The summed E-state index contributed by atoms with van der Waals surface area (Å²) in [4.78, 5) is 7.41. The molecule has 80 valence electrons. The molecule has 0 atom stereocenters. The van der Waals surface area contributed by atoms with Gasteiger partial charge in [-0.1, -0.05) is 13.5 Å². The molecule has 0 rings (SSSR count). The zero-order valence-electron chi connectivity index (χ0n) is 8.40. The molecule has 0 aromatic carbocycles. The third kappa shape index (κ3) is 3.80. The Kier molecular flexibility index (Phi) is 5.26. The molecule has 5 nitrogen and oxygen atoms in total. The predicted molar refractivity (Wildman–Crippen MR) is 59.5 cm³/mol. The van der Waals surface area contributed by atoms with E-state index >= 15 is 0 Å². The summed E-state index contributed by atoms with van der Waals surface area (Å²) in [5.74, 6) is 0.000788. The lowest BCUT2D eigenvalue weighted by molar-refractivity contribution is 0.608. The summed E-state index contributed by atoms with van der Waals surface area (Å²) in [5, 5.41) is -0.0467. The topological polar surface area (TPSA) is 84.9 Å². The van der Waals surface area contributed by atoms with Crippen LogP contribution in [0.3, 0.4) is 0 Å². The first-order chi connectivity index (χ1) is 6.47. The van der Waals surface area contributed by atoms with E-state index in [9.17, 15) is 8.42 Å². The zero-order chi connectivity index (χ0) is 11.2. The Morgan fingerprint density at radius 2 is 2.14 bits per heavy atom. The average Bonchev–Trinajstić information content (AvgIpc) is 2.18. The Morgan fingerprint density at radius 3 is 2.50 bits per heavy atom. The molecule has 0 radical (unpaired) electrons. The minimum Gasteiger partial charge on any atom is -0.325 e. The van der Waals surface area contributed by atoms with Gasteiger partial charge in [-0.25, -0.2) is 8.42 Å². The van der Waals surface area contributed by atoms with Crippen molar-refractivity contribution in [2.75, 3.05) is 19.3 Å². The molecule has 0 spiro atoms. The summed E-state index contributed by atoms with van der Waals surface area (Å²) in [5.41, 5.74) is 5.65. The molecule has 0 saturated heterocycles. The summed E-state index contributed by atoms with van der Waals surface area (Å²) >= 11 is 0. The fourth-order valence-corrected chi connectivity index (χ4v) is 1.41. The van der Waals surface area contributed by atoms with E-state index in [0.717, 1.165) is 0 Å². The fraction of sp³-hybridized carbons (Fsp3) is 0.500. The van der Waals surface area contributed by atoms with Crippen molar-refractivity contribution in [3.05, 3.63) is 12.3 Å². The Hall–Kier alpha value is -1.01. The van der Waals surface area contributed by atoms with Crippen LogP contribution in [0.25, 0.3) is 0 Å². The number of hydrogen-bond donors (Lipinski definition) is 1. The number of sulfone groups is 1. The van der Waals surface area contributed by atoms with Gasteiger partial charge >= 0.3 is 0 Å². The Bertz CT molecular complexity index is 355. The lowest BCUT2D eigenvalue weighted by Crippen LogP contribution is -2.18. The van der Waals surface area contributed by atoms with Crippen molar-refractivity contribution < 1.29 is 8.42 Å². The summed E-state index contributed by atoms with van der Waals surface area (Å²) in [6.07, 6.45) is 1.17. The standard InChI is InChI=1S/C8H15N3O2S/c1-4-14(12,13)8(10-3)6-11-7(2)5-9/h6H,2,4-5,9H2,1,3H3/b10-8+,11-6-. The molecule has 0 saturated carbocycles. The van der Waals surface area contributed by atoms with Crippen molar-refractivity contribution in [2.24, 2.45) is 15.7 Å². The van der Waals surface area contributed by atoms with Crippen LogP contribution in [0.2, 0.25) is 0 Å². The summed E-state index contributed by atoms with van der Waals surface area (Å²) in [7, 11) is -1.89. The highest BCUT2D eigenvalue weighted by Gasteiger charge is 2.13. The number of aliphatic imine (C=N–C) groups is 2. The maximum absolute atomic E-state index is 11.3. The molecule has 6 heteroatoms. The molecule has 0 aromatic heterocycles. The Morgan fingerprint density at radius 1 is 1.57 bits per heavy atom. The van der Waals surface area contributed by atoms with Crippen molar-refractivity contribution in [3.8, 4) is 0 Å². The van der Waals surface area contributed by atoms with Gasteiger partial charge in [0.1, 0.15) is 0 Å². The van der Waals surface area contributed by atoms with Gasteiger partial charge in [-0.05, 0) is 0 Å². The molecule has 0 aliphatic rings. The lowest BCUT2D eigenvalue weighted by atomic mass is 10.5. The van der Waals surface area contributed by atoms with Gasteiger partial charge in [0, 0.05) is 19.3 Å². The van der Waals surface area contributed by atoms with Crippen molar-refractivity contribution >= 4 is 21.1 Å². The molecular weight excluding hydrogens is 202 g/mol. The molecule has 14 heavy (non-hydrogen) atoms. The maximum Gasteiger partial charge on any atom is 0.196 e. The van der Waals surface area contributed by atoms with Crippen LogP contribution in [0.4, 0.5) is 0 Å². The quantitative estimate of drug-likeness (QED) is 0.531. The number of hydrogen-bond acceptors (Lipinski definition) is 5.